The van der Waals surface area contributed by atoms with Crippen molar-refractivity contribution < 1.29 is 4.74 Å². The molecule has 0 amide bonds. The summed E-state index contributed by atoms with van der Waals surface area (Å²) in [5, 5.41) is 3.10. The van der Waals surface area contributed by atoms with Gasteiger partial charge in [0.25, 0.3) is 0 Å². The first-order valence-electron chi connectivity index (χ1n) is 7.99. The number of aliphatic imine (C=N–C) groups is 1. The van der Waals surface area contributed by atoms with E-state index in [0.29, 0.717) is 25.2 Å². The van der Waals surface area contributed by atoms with E-state index in [2.05, 4.69) is 23.3 Å². The van der Waals surface area contributed by atoms with Gasteiger partial charge in [0.05, 0.1) is 19.3 Å². The molecule has 1 aromatic carbocycles. The molecular formula is C17H27N3O. The first-order valence-corrected chi connectivity index (χ1v) is 7.99. The van der Waals surface area contributed by atoms with Crippen molar-refractivity contribution in [3.63, 3.8) is 0 Å². The zero-order valence-corrected chi connectivity index (χ0v) is 13.0. The second-order valence-electron chi connectivity index (χ2n) is 5.75. The van der Waals surface area contributed by atoms with Crippen LogP contribution in [0.1, 0.15) is 44.1 Å². The Kier molecular flexibility index (Phi) is 6.54. The van der Waals surface area contributed by atoms with Gasteiger partial charge in [-0.2, -0.15) is 0 Å². The Morgan fingerprint density at radius 3 is 2.76 bits per heavy atom. The molecule has 1 aromatic rings. The molecule has 0 atom stereocenters. The number of hydrogen-bond acceptors (Lipinski definition) is 2. The molecule has 4 heteroatoms. The normalized spacial score (nSPS) is 17.5. The summed E-state index contributed by atoms with van der Waals surface area (Å²) in [6.45, 7) is 3.32. The molecule has 1 aliphatic rings. The van der Waals surface area contributed by atoms with Crippen molar-refractivity contribution in [2.45, 2.75) is 51.6 Å². The molecular weight excluding hydrogens is 262 g/mol. The minimum absolute atomic E-state index is 0.425. The predicted molar refractivity (Wildman–Crippen MR) is 88.7 cm³/mol. The van der Waals surface area contributed by atoms with Crippen molar-refractivity contribution in [1.29, 1.82) is 0 Å². The third-order valence-electron chi connectivity index (χ3n) is 3.82. The second kappa shape index (κ2) is 8.67. The number of nitrogens with zero attached hydrogens (tertiary/aromatic N) is 1. The summed E-state index contributed by atoms with van der Waals surface area (Å²) in [7, 11) is 0. The van der Waals surface area contributed by atoms with E-state index in [0.717, 1.165) is 5.69 Å². The van der Waals surface area contributed by atoms with Gasteiger partial charge in [0.1, 0.15) is 0 Å². The van der Waals surface area contributed by atoms with Gasteiger partial charge in [0, 0.05) is 5.69 Å². The van der Waals surface area contributed by atoms with Gasteiger partial charge in [0.2, 0.25) is 0 Å². The van der Waals surface area contributed by atoms with Gasteiger partial charge in [-0.15, -0.1) is 0 Å². The lowest BCUT2D eigenvalue weighted by Gasteiger charge is -2.14. The summed E-state index contributed by atoms with van der Waals surface area (Å²) < 4.78 is 5.89. The molecule has 3 N–H and O–H groups in total. The van der Waals surface area contributed by atoms with E-state index in [9.17, 15) is 0 Å². The monoisotopic (exact) mass is 289 g/mol. The van der Waals surface area contributed by atoms with E-state index < -0.39 is 0 Å². The summed E-state index contributed by atoms with van der Waals surface area (Å²) in [4.78, 5) is 4.32. The van der Waals surface area contributed by atoms with Crippen LogP contribution in [0.25, 0.3) is 0 Å². The highest BCUT2D eigenvalue weighted by Gasteiger charge is 2.11. The molecule has 0 saturated heterocycles. The van der Waals surface area contributed by atoms with Gasteiger partial charge >= 0.3 is 0 Å². The van der Waals surface area contributed by atoms with Crippen LogP contribution >= 0.6 is 0 Å². The van der Waals surface area contributed by atoms with Gasteiger partial charge in [0.15, 0.2) is 5.96 Å². The topological polar surface area (TPSA) is 59.6 Å². The number of rotatable bonds is 5. The van der Waals surface area contributed by atoms with Crippen LogP contribution in [-0.2, 0) is 4.74 Å². The number of hydrogen-bond donors (Lipinski definition) is 2. The lowest BCUT2D eigenvalue weighted by Crippen LogP contribution is -2.24. The summed E-state index contributed by atoms with van der Waals surface area (Å²) in [5.41, 5.74) is 8.06. The Balaban J connectivity index is 1.68. The maximum absolute atomic E-state index is 5.89. The molecule has 2 rings (SSSR count). The van der Waals surface area contributed by atoms with Crippen LogP contribution in [0.15, 0.2) is 29.3 Å². The van der Waals surface area contributed by atoms with Crippen molar-refractivity contribution in [3.8, 4) is 0 Å². The highest BCUT2D eigenvalue weighted by Crippen LogP contribution is 2.19. The molecule has 21 heavy (non-hydrogen) atoms. The fourth-order valence-corrected chi connectivity index (χ4v) is 2.70. The fraction of sp³-hybridized carbons (Fsp3) is 0.588. The highest BCUT2D eigenvalue weighted by atomic mass is 16.5. The van der Waals surface area contributed by atoms with Crippen molar-refractivity contribution in [2.75, 3.05) is 18.5 Å². The molecule has 0 aromatic heterocycles. The van der Waals surface area contributed by atoms with Crippen LogP contribution in [0, 0.1) is 6.92 Å². The summed E-state index contributed by atoms with van der Waals surface area (Å²) in [6, 6.07) is 8.08. The third kappa shape index (κ3) is 6.17. The average Bonchev–Trinajstić information content (AvgIpc) is 2.72. The molecule has 0 bridgehead atoms. The van der Waals surface area contributed by atoms with Crippen LogP contribution in [0.2, 0.25) is 0 Å². The molecule has 0 aliphatic heterocycles. The summed E-state index contributed by atoms with van der Waals surface area (Å²) in [5.74, 6) is 0.449. The Labute approximate surface area is 127 Å². The van der Waals surface area contributed by atoms with Crippen molar-refractivity contribution in [1.82, 2.24) is 0 Å². The Hall–Kier alpha value is -1.55. The number of anilines is 1. The van der Waals surface area contributed by atoms with Crippen LogP contribution in [0.3, 0.4) is 0 Å². The number of benzene rings is 1. The van der Waals surface area contributed by atoms with Crippen molar-refractivity contribution >= 4 is 11.6 Å². The van der Waals surface area contributed by atoms with E-state index >= 15 is 0 Å². The largest absolute Gasteiger partial charge is 0.376 e. The van der Waals surface area contributed by atoms with Crippen LogP contribution in [0.4, 0.5) is 5.69 Å². The van der Waals surface area contributed by atoms with Crippen LogP contribution in [-0.4, -0.2) is 25.2 Å². The van der Waals surface area contributed by atoms with Gasteiger partial charge in [-0.3, -0.25) is 4.99 Å². The van der Waals surface area contributed by atoms with Crippen molar-refractivity contribution in [2.24, 2.45) is 10.7 Å². The maximum Gasteiger partial charge on any atom is 0.193 e. The van der Waals surface area contributed by atoms with E-state index in [1.807, 2.05) is 18.2 Å². The lowest BCUT2D eigenvalue weighted by molar-refractivity contribution is 0.0487. The molecule has 0 unspecified atom stereocenters. The van der Waals surface area contributed by atoms with Gasteiger partial charge in [-0.05, 0) is 37.5 Å². The average molecular weight is 289 g/mol. The number of nitrogens with two attached hydrogens (primary N) is 1. The first kappa shape index (κ1) is 15.8. The second-order valence-corrected chi connectivity index (χ2v) is 5.75. The molecule has 116 valence electrons. The molecule has 0 spiro atoms. The number of guanidine groups is 1. The standard InChI is InChI=1S/C17H27N3O/c1-14-7-6-8-15(13-14)20-17(18)19-11-12-21-16-9-4-2-3-5-10-16/h6-8,13,16H,2-5,9-12H2,1H3,(H3,18,19,20). The number of ether oxygens (including phenoxy) is 1. The van der Waals surface area contributed by atoms with E-state index in [1.54, 1.807) is 0 Å². The minimum atomic E-state index is 0.425. The smallest absolute Gasteiger partial charge is 0.193 e. The number of nitrogens with one attached hydrogen (secondary N) is 1. The van der Waals surface area contributed by atoms with E-state index in [1.165, 1.54) is 44.1 Å². The molecule has 0 radical (unpaired) electrons. The first-order chi connectivity index (χ1) is 10.2. The van der Waals surface area contributed by atoms with E-state index in [-0.39, 0.29) is 0 Å². The van der Waals surface area contributed by atoms with Gasteiger partial charge in [-0.25, -0.2) is 0 Å². The van der Waals surface area contributed by atoms with Crippen LogP contribution in [0.5, 0.6) is 0 Å². The lowest BCUT2D eigenvalue weighted by atomic mass is 10.1. The van der Waals surface area contributed by atoms with Crippen molar-refractivity contribution in [3.05, 3.63) is 29.8 Å². The fourth-order valence-electron chi connectivity index (χ4n) is 2.70. The SMILES string of the molecule is Cc1cccc(NC(N)=NCCOC2CCCCCC2)c1. The Morgan fingerprint density at radius 2 is 2.05 bits per heavy atom. The molecule has 1 aliphatic carbocycles. The Bertz CT molecular complexity index is 451. The molecule has 1 saturated carbocycles. The van der Waals surface area contributed by atoms with Gasteiger partial charge < -0.3 is 15.8 Å². The number of aryl methyl sites for hydroxylation is 1. The van der Waals surface area contributed by atoms with Gasteiger partial charge in [-0.1, -0.05) is 37.8 Å². The molecule has 4 nitrogen and oxygen atoms in total. The zero-order valence-electron chi connectivity index (χ0n) is 13.0. The maximum atomic E-state index is 5.89. The third-order valence-corrected chi connectivity index (χ3v) is 3.82. The quantitative estimate of drug-likeness (QED) is 0.378. The minimum Gasteiger partial charge on any atom is -0.376 e. The molecule has 0 heterocycles. The predicted octanol–water partition coefficient (Wildman–Crippen LogP) is 3.46. The summed E-state index contributed by atoms with van der Waals surface area (Å²) >= 11 is 0. The highest BCUT2D eigenvalue weighted by molar-refractivity contribution is 5.92. The van der Waals surface area contributed by atoms with E-state index in [4.69, 9.17) is 10.5 Å². The van der Waals surface area contributed by atoms with Crippen LogP contribution < -0.4 is 11.1 Å². The summed E-state index contributed by atoms with van der Waals surface area (Å²) in [6.07, 6.45) is 8.11. The Morgan fingerprint density at radius 1 is 1.29 bits per heavy atom. The molecule has 1 fully saturated rings. The zero-order chi connectivity index (χ0) is 14.9.